The Balaban J connectivity index is 2.07. The van der Waals surface area contributed by atoms with Crippen molar-refractivity contribution in [1.82, 2.24) is 9.55 Å². The third-order valence-electron chi connectivity index (χ3n) is 4.36. The van der Waals surface area contributed by atoms with E-state index in [2.05, 4.69) is 4.98 Å². The van der Waals surface area contributed by atoms with Crippen molar-refractivity contribution in [3.63, 3.8) is 0 Å². The molecule has 1 aliphatic rings. The first-order valence-corrected chi connectivity index (χ1v) is 8.35. The van der Waals surface area contributed by atoms with Crippen molar-refractivity contribution in [3.05, 3.63) is 82.1 Å². The molecule has 2 heterocycles. The highest BCUT2D eigenvalue weighted by atomic mass is 35.5. The first kappa shape index (κ1) is 16.5. The maximum atomic E-state index is 14.0. The van der Waals surface area contributed by atoms with Crippen molar-refractivity contribution in [2.75, 3.05) is 0 Å². The summed E-state index contributed by atoms with van der Waals surface area (Å²) in [5, 5.41) is 0.508. The van der Waals surface area contributed by atoms with Crippen LogP contribution in [0.1, 0.15) is 40.3 Å². The van der Waals surface area contributed by atoms with Crippen molar-refractivity contribution in [1.29, 1.82) is 0 Å². The molecule has 7 heteroatoms. The third-order valence-corrected chi connectivity index (χ3v) is 4.69. The number of nitrogens with zero attached hydrogens (tertiary/aromatic N) is 3. The number of carbonyl (C=O) groups is 1. The number of aromatic nitrogens is 2. The molecule has 0 saturated heterocycles. The van der Waals surface area contributed by atoms with Crippen molar-refractivity contribution in [3.8, 4) is 5.69 Å². The minimum absolute atomic E-state index is 0.150. The van der Waals surface area contributed by atoms with Gasteiger partial charge in [-0.25, -0.2) is 9.37 Å². The van der Waals surface area contributed by atoms with Crippen LogP contribution in [-0.2, 0) is 0 Å². The Morgan fingerprint density at radius 1 is 1.23 bits per heavy atom. The van der Waals surface area contributed by atoms with Gasteiger partial charge in [0.2, 0.25) is 0 Å². The fourth-order valence-electron chi connectivity index (χ4n) is 3.24. The van der Waals surface area contributed by atoms with Crippen LogP contribution in [0.3, 0.4) is 0 Å². The highest BCUT2D eigenvalue weighted by molar-refractivity contribution is 6.35. The van der Waals surface area contributed by atoms with Gasteiger partial charge in [0.1, 0.15) is 12.1 Å². The maximum Gasteiger partial charge on any atom is 0.269 e. The normalized spacial score (nSPS) is 15.7. The van der Waals surface area contributed by atoms with Crippen LogP contribution in [0, 0.1) is 5.82 Å². The summed E-state index contributed by atoms with van der Waals surface area (Å²) in [6.45, 7) is 1.83. The first-order valence-electron chi connectivity index (χ1n) is 7.97. The minimum atomic E-state index is -0.634. The Morgan fingerprint density at radius 3 is 2.73 bits per heavy atom. The quantitative estimate of drug-likeness (QED) is 0.749. The fraction of sp³-hybridized carbons (Fsp3) is 0.105. The number of hydrogen-bond donors (Lipinski definition) is 1. The number of primary amides is 1. The molecule has 0 aliphatic carbocycles. The lowest BCUT2D eigenvalue weighted by atomic mass is 10.00. The molecule has 1 aliphatic heterocycles. The Morgan fingerprint density at radius 2 is 2.00 bits per heavy atom. The van der Waals surface area contributed by atoms with E-state index >= 15 is 0 Å². The molecule has 0 bridgehead atoms. The number of amides is 1. The van der Waals surface area contributed by atoms with E-state index in [1.165, 1.54) is 18.5 Å². The second-order valence-corrected chi connectivity index (χ2v) is 6.41. The Labute approximate surface area is 154 Å². The largest absolute Gasteiger partial charge is 0.364 e. The van der Waals surface area contributed by atoms with Gasteiger partial charge < -0.3 is 5.73 Å². The molecule has 3 aromatic rings. The summed E-state index contributed by atoms with van der Waals surface area (Å²) < 4.78 is 15.8. The number of fused-ring (bicyclic) bond motifs is 3. The molecule has 26 heavy (non-hydrogen) atoms. The second-order valence-electron chi connectivity index (χ2n) is 6.01. The number of aliphatic imine (C=N–C) groups is 1. The lowest BCUT2D eigenvalue weighted by Gasteiger charge is -2.12. The maximum absolute atomic E-state index is 14.0. The predicted molar refractivity (Wildman–Crippen MR) is 97.5 cm³/mol. The summed E-state index contributed by atoms with van der Waals surface area (Å²) in [5.74, 6) is -1.03. The van der Waals surface area contributed by atoms with Gasteiger partial charge in [0.15, 0.2) is 5.69 Å². The lowest BCUT2D eigenvalue weighted by Crippen LogP contribution is -2.15. The smallest absolute Gasteiger partial charge is 0.269 e. The van der Waals surface area contributed by atoms with E-state index in [0.717, 1.165) is 0 Å². The highest BCUT2D eigenvalue weighted by Gasteiger charge is 2.28. The number of hydrogen-bond acceptors (Lipinski definition) is 3. The predicted octanol–water partition coefficient (Wildman–Crippen LogP) is 3.68. The average Bonchev–Trinajstić information content (AvgIpc) is 3.01. The number of carbonyl (C=O) groups excluding carboxylic acids is 1. The molecule has 0 spiro atoms. The van der Waals surface area contributed by atoms with Crippen LogP contribution in [0.25, 0.3) is 5.69 Å². The van der Waals surface area contributed by atoms with Gasteiger partial charge in [-0.15, -0.1) is 0 Å². The summed E-state index contributed by atoms with van der Waals surface area (Å²) in [4.78, 5) is 20.6. The van der Waals surface area contributed by atoms with E-state index in [1.807, 2.05) is 25.1 Å². The molecule has 130 valence electrons. The standard InChI is InChI=1S/C19H14ClFN4O/c1-10-18-17(19(22)26)23-9-25(18)15-7-6-11(21)8-13(15)16(24-10)12-4-2-3-5-14(12)20/h2-10H,1H3,(H2,22,26). The van der Waals surface area contributed by atoms with Crippen LogP contribution in [0.15, 0.2) is 53.8 Å². The molecule has 4 rings (SSSR count). The van der Waals surface area contributed by atoms with Gasteiger partial charge >= 0.3 is 0 Å². The van der Waals surface area contributed by atoms with Gasteiger partial charge in [-0.2, -0.15) is 0 Å². The zero-order valence-electron chi connectivity index (χ0n) is 13.8. The van der Waals surface area contributed by atoms with E-state index in [0.29, 0.717) is 33.2 Å². The molecular weight excluding hydrogens is 355 g/mol. The molecule has 1 aromatic heterocycles. The van der Waals surface area contributed by atoms with Crippen LogP contribution < -0.4 is 5.73 Å². The van der Waals surface area contributed by atoms with Crippen LogP contribution in [0.4, 0.5) is 4.39 Å². The molecular formula is C19H14ClFN4O. The number of halogens is 2. The average molecular weight is 369 g/mol. The molecule has 0 radical (unpaired) electrons. The molecule has 1 amide bonds. The van der Waals surface area contributed by atoms with Crippen LogP contribution in [0.5, 0.6) is 0 Å². The van der Waals surface area contributed by atoms with Crippen LogP contribution >= 0.6 is 11.6 Å². The molecule has 0 fully saturated rings. The molecule has 2 N–H and O–H groups in total. The molecule has 1 atom stereocenters. The van der Waals surface area contributed by atoms with Gasteiger partial charge in [-0.1, -0.05) is 29.8 Å². The van der Waals surface area contributed by atoms with E-state index in [1.54, 1.807) is 16.7 Å². The van der Waals surface area contributed by atoms with Crippen molar-refractivity contribution >= 4 is 23.2 Å². The van der Waals surface area contributed by atoms with Crippen molar-refractivity contribution < 1.29 is 9.18 Å². The summed E-state index contributed by atoms with van der Waals surface area (Å²) in [6.07, 6.45) is 1.51. The van der Waals surface area contributed by atoms with Crippen LogP contribution in [0.2, 0.25) is 5.02 Å². The Kier molecular flexibility index (Phi) is 3.85. The number of imidazole rings is 1. The topological polar surface area (TPSA) is 73.3 Å². The van der Waals surface area contributed by atoms with Gasteiger partial charge in [0, 0.05) is 16.1 Å². The highest BCUT2D eigenvalue weighted by Crippen LogP contribution is 2.33. The zero-order valence-corrected chi connectivity index (χ0v) is 14.5. The fourth-order valence-corrected chi connectivity index (χ4v) is 3.46. The Hall–Kier alpha value is -2.99. The summed E-state index contributed by atoms with van der Waals surface area (Å²) in [6, 6.07) is 11.2. The molecule has 5 nitrogen and oxygen atoms in total. The summed E-state index contributed by atoms with van der Waals surface area (Å²) in [5.41, 5.74) is 8.64. The Bertz CT molecular complexity index is 1070. The number of rotatable bonds is 2. The monoisotopic (exact) mass is 368 g/mol. The molecule has 1 unspecified atom stereocenters. The van der Waals surface area contributed by atoms with Gasteiger partial charge in [-0.05, 0) is 31.2 Å². The summed E-state index contributed by atoms with van der Waals surface area (Å²) in [7, 11) is 0. The van der Waals surface area contributed by atoms with Crippen molar-refractivity contribution in [2.24, 2.45) is 10.7 Å². The number of benzene rings is 2. The first-order chi connectivity index (χ1) is 12.5. The minimum Gasteiger partial charge on any atom is -0.364 e. The SMILES string of the molecule is CC1N=C(c2ccccc2Cl)c2cc(F)ccc2-n2cnc(C(N)=O)c21. The molecule has 2 aromatic carbocycles. The van der Waals surface area contributed by atoms with Crippen molar-refractivity contribution in [2.45, 2.75) is 13.0 Å². The van der Waals surface area contributed by atoms with E-state index in [4.69, 9.17) is 22.3 Å². The second kappa shape index (κ2) is 6.07. The van der Waals surface area contributed by atoms with E-state index < -0.39 is 17.8 Å². The molecule has 0 saturated carbocycles. The van der Waals surface area contributed by atoms with Gasteiger partial charge in [-0.3, -0.25) is 14.4 Å². The zero-order chi connectivity index (χ0) is 18.4. The van der Waals surface area contributed by atoms with Gasteiger partial charge in [0.05, 0.1) is 23.1 Å². The lowest BCUT2D eigenvalue weighted by molar-refractivity contribution is 0.0994. The third kappa shape index (κ3) is 2.50. The van der Waals surface area contributed by atoms with Gasteiger partial charge in [0.25, 0.3) is 5.91 Å². The van der Waals surface area contributed by atoms with E-state index in [9.17, 15) is 9.18 Å². The summed E-state index contributed by atoms with van der Waals surface area (Å²) >= 11 is 6.36. The van der Waals surface area contributed by atoms with E-state index in [-0.39, 0.29) is 5.69 Å². The number of nitrogens with two attached hydrogens (primary N) is 1. The van der Waals surface area contributed by atoms with Crippen LogP contribution in [-0.4, -0.2) is 21.2 Å².